The minimum atomic E-state index is 0.250. The minimum absolute atomic E-state index is 0.250. The number of rotatable bonds is 2. The second-order valence-corrected chi connectivity index (χ2v) is 1.09. The van der Waals surface area contributed by atoms with Crippen LogP contribution in [0.3, 0.4) is 0 Å². The predicted octanol–water partition coefficient (Wildman–Crippen LogP) is 3.76. The van der Waals surface area contributed by atoms with Gasteiger partial charge in [-0.2, -0.15) is 0 Å². The Morgan fingerprint density at radius 1 is 1.09 bits per heavy atom. The van der Waals surface area contributed by atoms with E-state index in [4.69, 9.17) is 11.6 Å². The molecule has 0 amide bonds. The summed E-state index contributed by atoms with van der Waals surface area (Å²) in [6.45, 7) is 12.3. The van der Waals surface area contributed by atoms with E-state index in [1.54, 1.807) is 0 Å². The molecular formula is C8H12ClFO. The van der Waals surface area contributed by atoms with Gasteiger partial charge in [0, 0.05) is 0 Å². The summed E-state index contributed by atoms with van der Waals surface area (Å²) in [6.07, 6.45) is 2.88. The highest BCUT2D eigenvalue weighted by Gasteiger charge is 1.45. The van der Waals surface area contributed by atoms with Gasteiger partial charge in [0.15, 0.2) is 0 Å². The van der Waals surface area contributed by atoms with Gasteiger partial charge < -0.3 is 4.74 Å². The first-order valence-electron chi connectivity index (χ1n) is 2.54. The SMILES string of the molecule is C=CCl.C=CF.C=COC=C. The molecule has 11 heavy (non-hydrogen) atoms. The van der Waals surface area contributed by atoms with E-state index in [1.165, 1.54) is 18.1 Å². The van der Waals surface area contributed by atoms with Crippen molar-refractivity contribution in [2.24, 2.45) is 0 Å². The molecule has 0 aromatic heterocycles. The Balaban J connectivity index is -0.0000000933. The summed E-state index contributed by atoms with van der Waals surface area (Å²) < 4.78 is 14.4. The fourth-order valence-corrected chi connectivity index (χ4v) is 0.0680. The molecule has 0 unspecified atom stereocenters. The van der Waals surface area contributed by atoms with Crippen molar-refractivity contribution < 1.29 is 9.13 Å². The molecule has 0 rings (SSSR count). The summed E-state index contributed by atoms with van der Waals surface area (Å²) in [4.78, 5) is 0. The largest absolute Gasteiger partial charge is 0.474 e. The molecule has 0 aromatic carbocycles. The van der Waals surface area contributed by atoms with Crippen LogP contribution in [0.5, 0.6) is 0 Å². The Morgan fingerprint density at radius 2 is 1.27 bits per heavy atom. The van der Waals surface area contributed by atoms with Crippen LogP contribution in [-0.2, 0) is 4.74 Å². The smallest absolute Gasteiger partial charge is 0.0829 e. The average molecular weight is 179 g/mol. The monoisotopic (exact) mass is 178 g/mol. The van der Waals surface area contributed by atoms with Gasteiger partial charge in [0.25, 0.3) is 0 Å². The topological polar surface area (TPSA) is 9.23 Å². The van der Waals surface area contributed by atoms with E-state index in [0.717, 1.165) is 0 Å². The van der Waals surface area contributed by atoms with Crippen molar-refractivity contribution >= 4 is 11.6 Å². The maximum atomic E-state index is 10.1. The van der Waals surface area contributed by atoms with E-state index >= 15 is 0 Å². The third kappa shape index (κ3) is 456. The Hall–Kier alpha value is -1.02. The summed E-state index contributed by atoms with van der Waals surface area (Å²) in [5, 5.41) is 0. The van der Waals surface area contributed by atoms with Crippen LogP contribution in [0.25, 0.3) is 0 Å². The van der Waals surface area contributed by atoms with Crippen LogP contribution in [0.15, 0.2) is 50.7 Å². The van der Waals surface area contributed by atoms with Gasteiger partial charge in [-0.1, -0.05) is 37.9 Å². The molecule has 0 aliphatic carbocycles. The van der Waals surface area contributed by atoms with Crippen LogP contribution in [0, 0.1) is 0 Å². The summed E-state index contributed by atoms with van der Waals surface area (Å²) in [7, 11) is 0. The van der Waals surface area contributed by atoms with Crippen LogP contribution >= 0.6 is 11.6 Å². The molecule has 0 fully saturated rings. The molecule has 0 atom stereocenters. The maximum absolute atomic E-state index is 10.1. The Labute approximate surface area is 72.1 Å². The van der Waals surface area contributed by atoms with Crippen LogP contribution in [0.4, 0.5) is 4.39 Å². The molecule has 0 saturated heterocycles. The molecular weight excluding hydrogens is 167 g/mol. The van der Waals surface area contributed by atoms with Gasteiger partial charge in [-0.25, -0.2) is 4.39 Å². The summed E-state index contributed by atoms with van der Waals surface area (Å²) in [5.74, 6) is 0. The first-order chi connectivity index (χ1) is 5.24. The van der Waals surface area contributed by atoms with Gasteiger partial charge in [0.1, 0.15) is 0 Å². The second-order valence-electron chi connectivity index (χ2n) is 0.778. The zero-order chi connectivity index (χ0) is 9.54. The first-order valence-corrected chi connectivity index (χ1v) is 2.98. The third-order valence-corrected chi connectivity index (χ3v) is 0.192. The quantitative estimate of drug-likeness (QED) is 0.585. The van der Waals surface area contributed by atoms with E-state index in [2.05, 4.69) is 31.1 Å². The van der Waals surface area contributed by atoms with Gasteiger partial charge >= 0.3 is 0 Å². The molecule has 3 heteroatoms. The van der Waals surface area contributed by atoms with E-state index < -0.39 is 0 Å². The Kier molecular flexibility index (Phi) is 54.2. The lowest BCUT2D eigenvalue weighted by molar-refractivity contribution is 0.406. The molecule has 0 aromatic rings. The van der Waals surface area contributed by atoms with Gasteiger partial charge in [0.2, 0.25) is 0 Å². The van der Waals surface area contributed by atoms with E-state index in [-0.39, 0.29) is 6.33 Å². The second kappa shape index (κ2) is 36.1. The first kappa shape index (κ1) is 16.5. The van der Waals surface area contributed by atoms with Crippen LogP contribution in [0.2, 0.25) is 0 Å². The molecule has 0 aliphatic heterocycles. The lowest BCUT2D eigenvalue weighted by Crippen LogP contribution is -1.52. The fraction of sp³-hybridized carbons (Fsp3) is 0. The predicted molar refractivity (Wildman–Crippen MR) is 48.8 cm³/mol. The third-order valence-electron chi connectivity index (χ3n) is 0.192. The lowest BCUT2D eigenvalue weighted by atomic mass is 11.1. The number of hydrogen-bond donors (Lipinski definition) is 0. The van der Waals surface area contributed by atoms with Crippen LogP contribution < -0.4 is 0 Å². The average Bonchev–Trinajstić information content (AvgIpc) is 1.92. The molecule has 0 N–H and O–H groups in total. The van der Waals surface area contributed by atoms with Crippen molar-refractivity contribution in [3.63, 3.8) is 0 Å². The van der Waals surface area contributed by atoms with Crippen molar-refractivity contribution in [1.82, 2.24) is 0 Å². The van der Waals surface area contributed by atoms with Gasteiger partial charge in [-0.3, -0.25) is 0 Å². The molecule has 64 valence electrons. The van der Waals surface area contributed by atoms with Crippen LogP contribution in [-0.4, -0.2) is 0 Å². The number of ether oxygens (including phenoxy) is 1. The molecule has 0 bridgehead atoms. The molecule has 0 spiro atoms. The van der Waals surface area contributed by atoms with Crippen molar-refractivity contribution in [3.8, 4) is 0 Å². The zero-order valence-electron chi connectivity index (χ0n) is 6.30. The van der Waals surface area contributed by atoms with Gasteiger partial charge in [0.05, 0.1) is 18.9 Å². The normalized spacial score (nSPS) is 4.91. The summed E-state index contributed by atoms with van der Waals surface area (Å²) >= 11 is 4.76. The highest BCUT2D eigenvalue weighted by molar-refractivity contribution is 6.25. The van der Waals surface area contributed by atoms with E-state index in [9.17, 15) is 4.39 Å². The molecule has 1 nitrogen and oxygen atoms in total. The van der Waals surface area contributed by atoms with Gasteiger partial charge in [-0.15, -0.1) is 0 Å². The van der Waals surface area contributed by atoms with Crippen molar-refractivity contribution in [3.05, 3.63) is 50.7 Å². The number of halogens is 2. The zero-order valence-corrected chi connectivity index (χ0v) is 7.06. The molecule has 0 heterocycles. The Bertz CT molecular complexity index is 90.3. The van der Waals surface area contributed by atoms with Crippen LogP contribution in [0.1, 0.15) is 0 Å². The fourth-order valence-electron chi connectivity index (χ4n) is 0.0680. The molecule has 0 saturated carbocycles. The van der Waals surface area contributed by atoms with Crippen molar-refractivity contribution in [1.29, 1.82) is 0 Å². The van der Waals surface area contributed by atoms with Crippen molar-refractivity contribution in [2.45, 2.75) is 0 Å². The molecule has 0 aliphatic rings. The van der Waals surface area contributed by atoms with Crippen molar-refractivity contribution in [2.75, 3.05) is 0 Å². The van der Waals surface area contributed by atoms with E-state index in [0.29, 0.717) is 0 Å². The standard InChI is InChI=1S/C4H6O.C2H3Cl.C2H3F/c1-3-5-4-2;2*1-2-3/h3-4H,1-2H2;2*2H,1H2. The lowest BCUT2D eigenvalue weighted by Gasteiger charge is -1.76. The number of hydrogen-bond acceptors (Lipinski definition) is 1. The Morgan fingerprint density at radius 3 is 1.27 bits per heavy atom. The molecule has 0 radical (unpaired) electrons. The highest BCUT2D eigenvalue weighted by atomic mass is 35.5. The summed E-state index contributed by atoms with van der Waals surface area (Å²) in [5.41, 5.74) is 1.22. The maximum Gasteiger partial charge on any atom is 0.0829 e. The van der Waals surface area contributed by atoms with Gasteiger partial charge in [-0.05, 0) is 5.54 Å². The minimum Gasteiger partial charge on any atom is -0.474 e. The summed E-state index contributed by atoms with van der Waals surface area (Å²) in [6, 6.07) is 0. The highest BCUT2D eigenvalue weighted by Crippen LogP contribution is 1.65. The van der Waals surface area contributed by atoms with E-state index in [1.807, 2.05) is 0 Å².